The number of carbonyl (C=O) groups is 1. The van der Waals surface area contributed by atoms with Gasteiger partial charge in [-0.2, -0.15) is 13.2 Å². The highest BCUT2D eigenvalue weighted by Gasteiger charge is 2.39. The molecule has 0 bridgehead atoms. The maximum atomic E-state index is 13.8. The zero-order valence-electron chi connectivity index (χ0n) is 17.2. The van der Waals surface area contributed by atoms with Crippen molar-refractivity contribution in [2.45, 2.75) is 43.3 Å². The predicted octanol–water partition coefficient (Wildman–Crippen LogP) is 3.81. The third kappa shape index (κ3) is 5.44. The third-order valence-corrected chi connectivity index (χ3v) is 5.81. The summed E-state index contributed by atoms with van der Waals surface area (Å²) in [6.07, 6.45) is -3.00. The Morgan fingerprint density at radius 3 is 2.62 bits per heavy atom. The largest absolute Gasteiger partial charge is 0.610 e. The topological polar surface area (TPSA) is 94.1 Å². The number of hydrogen-bond acceptors (Lipinski definition) is 6. The van der Waals surface area contributed by atoms with Crippen molar-refractivity contribution >= 4 is 28.6 Å². The second-order valence-corrected chi connectivity index (χ2v) is 8.68. The van der Waals surface area contributed by atoms with Crippen LogP contribution >= 0.6 is 0 Å². The van der Waals surface area contributed by atoms with Gasteiger partial charge in [0.25, 0.3) is 5.91 Å². The van der Waals surface area contributed by atoms with E-state index in [0.29, 0.717) is 0 Å². The molecule has 3 rings (SSSR count). The highest BCUT2D eigenvalue weighted by atomic mass is 32.2. The van der Waals surface area contributed by atoms with E-state index in [1.165, 1.54) is 29.5 Å². The zero-order chi connectivity index (χ0) is 23.7. The van der Waals surface area contributed by atoms with Gasteiger partial charge < -0.3 is 14.8 Å². The predicted molar refractivity (Wildman–Crippen MR) is 107 cm³/mol. The van der Waals surface area contributed by atoms with Gasteiger partial charge in [0.05, 0.1) is 5.56 Å². The van der Waals surface area contributed by atoms with E-state index in [9.17, 15) is 31.3 Å². The van der Waals surface area contributed by atoms with Crippen LogP contribution in [-0.4, -0.2) is 50.9 Å². The SMILES string of the molecule is Cc1c(C(F)(F)F)nnc(N2CCCC(F)(F)CC2)c1C(=O)Nc1ccnc([S+](C)[O-])c1. The Kier molecular flexibility index (Phi) is 6.89. The molecule has 1 aliphatic rings. The average Bonchev–Trinajstić information content (AvgIpc) is 2.87. The molecule has 32 heavy (non-hydrogen) atoms. The van der Waals surface area contributed by atoms with Crippen LogP contribution in [0.5, 0.6) is 0 Å². The monoisotopic (exact) mass is 477 g/mol. The smallest absolute Gasteiger partial charge is 0.435 e. The van der Waals surface area contributed by atoms with Gasteiger partial charge in [0.1, 0.15) is 6.26 Å². The number of halogens is 5. The molecule has 2 aromatic rings. The van der Waals surface area contributed by atoms with Crippen LogP contribution in [0.3, 0.4) is 0 Å². The van der Waals surface area contributed by atoms with E-state index in [1.807, 2.05) is 0 Å². The molecule has 13 heteroatoms. The lowest BCUT2D eigenvalue weighted by molar-refractivity contribution is -0.142. The number of rotatable bonds is 4. The Morgan fingerprint density at radius 2 is 1.97 bits per heavy atom. The van der Waals surface area contributed by atoms with Gasteiger partial charge in [0.15, 0.2) is 11.5 Å². The Morgan fingerprint density at radius 1 is 1.25 bits per heavy atom. The maximum Gasteiger partial charge on any atom is 0.435 e. The molecular weight excluding hydrogens is 457 g/mol. The van der Waals surface area contributed by atoms with Crippen LogP contribution in [0.25, 0.3) is 0 Å². The summed E-state index contributed by atoms with van der Waals surface area (Å²) in [5.74, 6) is -4.03. The van der Waals surface area contributed by atoms with Crippen molar-refractivity contribution in [3.63, 3.8) is 0 Å². The van der Waals surface area contributed by atoms with Crippen molar-refractivity contribution in [1.82, 2.24) is 15.2 Å². The van der Waals surface area contributed by atoms with E-state index in [0.717, 1.165) is 6.92 Å². The number of aromatic nitrogens is 3. The number of nitrogens with zero attached hydrogens (tertiary/aromatic N) is 4. The standard InChI is InChI=1S/C19H20F5N5O2S/c1-11-14(17(30)26-12-4-7-25-13(10-12)32(2)31)16(28-27-15(11)19(22,23)24)29-8-3-5-18(20,21)6-9-29/h4,7,10H,3,5-6,8-9H2,1-2H3,(H,25,26,30). The minimum absolute atomic E-state index is 0.0752. The van der Waals surface area contributed by atoms with Crippen molar-refractivity contribution in [3.05, 3.63) is 35.2 Å². The first-order valence-corrected chi connectivity index (χ1v) is 11.1. The van der Waals surface area contributed by atoms with Gasteiger partial charge in [-0.05, 0) is 25.0 Å². The first-order valence-electron chi connectivity index (χ1n) is 9.57. The van der Waals surface area contributed by atoms with E-state index < -0.39 is 52.4 Å². The summed E-state index contributed by atoms with van der Waals surface area (Å²) in [4.78, 5) is 18.3. The average molecular weight is 477 g/mol. The second-order valence-electron chi connectivity index (χ2n) is 7.36. The number of alkyl halides is 5. The summed E-state index contributed by atoms with van der Waals surface area (Å²) in [5, 5.41) is 9.49. The fourth-order valence-corrected chi connectivity index (χ4v) is 3.89. The Balaban J connectivity index is 2.03. The molecule has 0 radical (unpaired) electrons. The van der Waals surface area contributed by atoms with E-state index in [-0.39, 0.29) is 42.5 Å². The molecule has 0 spiro atoms. The van der Waals surface area contributed by atoms with E-state index in [2.05, 4.69) is 20.5 Å². The van der Waals surface area contributed by atoms with Crippen LogP contribution in [0, 0.1) is 6.92 Å². The molecule has 1 amide bonds. The molecule has 2 aromatic heterocycles. The van der Waals surface area contributed by atoms with Crippen molar-refractivity contribution in [1.29, 1.82) is 0 Å². The Labute approximate surface area is 183 Å². The number of carbonyl (C=O) groups excluding carboxylic acids is 1. The van der Waals surface area contributed by atoms with E-state index >= 15 is 0 Å². The van der Waals surface area contributed by atoms with Crippen LogP contribution in [0.1, 0.15) is 40.9 Å². The molecule has 0 aromatic carbocycles. The molecule has 1 saturated heterocycles. The van der Waals surface area contributed by atoms with E-state index in [1.54, 1.807) is 0 Å². The highest BCUT2D eigenvalue weighted by Crippen LogP contribution is 2.36. The van der Waals surface area contributed by atoms with Gasteiger partial charge in [0, 0.05) is 55.1 Å². The van der Waals surface area contributed by atoms with Gasteiger partial charge in [-0.3, -0.25) is 4.79 Å². The first kappa shape index (κ1) is 24.1. The maximum absolute atomic E-state index is 13.8. The van der Waals surface area contributed by atoms with Gasteiger partial charge >= 0.3 is 6.18 Å². The Bertz CT molecular complexity index is 1000. The van der Waals surface area contributed by atoms with E-state index in [4.69, 9.17) is 0 Å². The van der Waals surface area contributed by atoms with Crippen LogP contribution in [0.15, 0.2) is 23.4 Å². The number of amides is 1. The minimum atomic E-state index is -4.86. The van der Waals surface area contributed by atoms with Gasteiger partial charge in [0.2, 0.25) is 10.9 Å². The van der Waals surface area contributed by atoms with Gasteiger partial charge in [-0.25, -0.2) is 13.8 Å². The molecule has 1 N–H and O–H groups in total. The quantitative estimate of drug-likeness (QED) is 0.532. The fourth-order valence-electron chi connectivity index (χ4n) is 3.38. The summed E-state index contributed by atoms with van der Waals surface area (Å²) in [6.45, 7) is 0.978. The number of anilines is 2. The lowest BCUT2D eigenvalue weighted by Crippen LogP contribution is -2.31. The zero-order valence-corrected chi connectivity index (χ0v) is 18.0. The third-order valence-electron chi connectivity index (χ3n) is 5.00. The summed E-state index contributed by atoms with van der Waals surface area (Å²) < 4.78 is 79.4. The van der Waals surface area contributed by atoms with Crippen molar-refractivity contribution in [2.75, 3.05) is 29.6 Å². The summed E-state index contributed by atoms with van der Waals surface area (Å²) in [6, 6.07) is 2.71. The molecule has 1 fully saturated rings. The lowest BCUT2D eigenvalue weighted by atomic mass is 10.1. The molecule has 3 heterocycles. The minimum Gasteiger partial charge on any atom is -0.610 e. The van der Waals surface area contributed by atoms with Crippen LogP contribution in [0.2, 0.25) is 0 Å². The molecule has 1 atom stereocenters. The number of pyridine rings is 1. The lowest BCUT2D eigenvalue weighted by Gasteiger charge is -2.25. The highest BCUT2D eigenvalue weighted by molar-refractivity contribution is 7.90. The van der Waals surface area contributed by atoms with Crippen LogP contribution < -0.4 is 10.2 Å². The van der Waals surface area contributed by atoms with Crippen molar-refractivity contribution in [3.8, 4) is 0 Å². The van der Waals surface area contributed by atoms with Crippen LogP contribution in [0.4, 0.5) is 33.5 Å². The molecule has 7 nitrogen and oxygen atoms in total. The normalized spacial score (nSPS) is 17.6. The first-order chi connectivity index (χ1) is 14.9. The number of hydrogen-bond donors (Lipinski definition) is 1. The second kappa shape index (κ2) is 9.14. The number of nitrogens with one attached hydrogen (secondary N) is 1. The van der Waals surface area contributed by atoms with Crippen LogP contribution in [-0.2, 0) is 17.4 Å². The van der Waals surface area contributed by atoms with Crippen molar-refractivity contribution in [2.24, 2.45) is 0 Å². The molecule has 0 saturated carbocycles. The van der Waals surface area contributed by atoms with Crippen molar-refractivity contribution < 1.29 is 31.3 Å². The van der Waals surface area contributed by atoms with Gasteiger partial charge in [-0.1, -0.05) is 0 Å². The Hall–Kier alpha value is -2.54. The molecular formula is C19H20F5N5O2S. The summed E-state index contributed by atoms with van der Waals surface area (Å²) >= 11 is -1.45. The fraction of sp³-hybridized carbons (Fsp3) is 0.474. The molecule has 174 valence electrons. The molecule has 1 unspecified atom stereocenters. The molecule has 1 aliphatic heterocycles. The molecule has 0 aliphatic carbocycles. The summed E-state index contributed by atoms with van der Waals surface area (Å²) in [7, 11) is 0. The van der Waals surface area contributed by atoms with Gasteiger partial charge in [-0.15, -0.1) is 10.2 Å². The summed E-state index contributed by atoms with van der Waals surface area (Å²) in [5.41, 5.74) is -2.05.